The number of para-hydroxylation sites is 1. The van der Waals surface area contributed by atoms with Crippen molar-refractivity contribution < 1.29 is 13.9 Å². The third kappa shape index (κ3) is 5.16. The van der Waals surface area contributed by atoms with Gasteiger partial charge in [-0.3, -0.25) is 9.29 Å². The van der Waals surface area contributed by atoms with Gasteiger partial charge in [0.2, 0.25) is 0 Å². The molecule has 156 valence electrons. The van der Waals surface area contributed by atoms with E-state index in [-0.39, 0.29) is 18.7 Å². The Labute approximate surface area is 168 Å². The fourth-order valence-corrected chi connectivity index (χ4v) is 4.12. The van der Waals surface area contributed by atoms with Crippen LogP contribution in [0, 0.1) is 12.8 Å². The molecule has 0 aliphatic carbocycles. The van der Waals surface area contributed by atoms with Crippen LogP contribution in [-0.4, -0.2) is 67.4 Å². The van der Waals surface area contributed by atoms with E-state index in [9.17, 15) is 9.18 Å². The molecular formula is C22H34FN3O2. The summed E-state index contributed by atoms with van der Waals surface area (Å²) < 4.78 is 18.6. The van der Waals surface area contributed by atoms with E-state index in [0.29, 0.717) is 13.1 Å². The van der Waals surface area contributed by atoms with E-state index in [2.05, 4.69) is 34.9 Å². The molecule has 0 radical (unpaired) electrons. The Morgan fingerprint density at radius 1 is 1.18 bits per heavy atom. The lowest BCUT2D eigenvalue weighted by atomic mass is 10.1. The molecule has 1 aromatic rings. The second-order valence-electron chi connectivity index (χ2n) is 9.08. The van der Waals surface area contributed by atoms with Gasteiger partial charge in [0.25, 0.3) is 0 Å². The van der Waals surface area contributed by atoms with Crippen LogP contribution in [0.15, 0.2) is 18.2 Å². The van der Waals surface area contributed by atoms with E-state index >= 15 is 0 Å². The summed E-state index contributed by atoms with van der Waals surface area (Å²) in [7, 11) is 0. The molecule has 2 saturated heterocycles. The predicted octanol–water partition coefficient (Wildman–Crippen LogP) is 3.84. The minimum absolute atomic E-state index is 0.157. The molecule has 3 rings (SSSR count). The lowest BCUT2D eigenvalue weighted by molar-refractivity contribution is 0.0139. The summed E-state index contributed by atoms with van der Waals surface area (Å²) in [5.41, 5.74) is 3.36. The molecule has 0 bridgehead atoms. The maximum atomic E-state index is 13.1. The molecule has 1 unspecified atom stereocenters. The van der Waals surface area contributed by atoms with Gasteiger partial charge in [0.15, 0.2) is 0 Å². The number of rotatable bonds is 4. The van der Waals surface area contributed by atoms with Crippen LogP contribution < -0.4 is 4.90 Å². The first-order chi connectivity index (χ1) is 13.3. The molecule has 2 aliphatic heterocycles. The van der Waals surface area contributed by atoms with E-state index in [1.165, 1.54) is 16.8 Å². The smallest absolute Gasteiger partial charge is 0.410 e. The fourth-order valence-electron chi connectivity index (χ4n) is 4.12. The van der Waals surface area contributed by atoms with Gasteiger partial charge >= 0.3 is 6.09 Å². The maximum Gasteiger partial charge on any atom is 0.410 e. The number of ether oxygens (including phenoxy) is 1. The number of aryl methyl sites for hydroxylation is 1. The summed E-state index contributed by atoms with van der Waals surface area (Å²) in [5.74, 6) is 0.157. The van der Waals surface area contributed by atoms with Gasteiger partial charge in [-0.1, -0.05) is 18.2 Å². The second kappa shape index (κ2) is 8.68. The molecule has 0 spiro atoms. The van der Waals surface area contributed by atoms with Crippen molar-refractivity contribution >= 4 is 11.8 Å². The molecule has 0 aromatic heterocycles. The van der Waals surface area contributed by atoms with Crippen LogP contribution in [0.4, 0.5) is 14.9 Å². The van der Waals surface area contributed by atoms with Crippen LogP contribution in [0.2, 0.25) is 0 Å². The van der Waals surface area contributed by atoms with Gasteiger partial charge in [0.1, 0.15) is 5.60 Å². The Hall–Kier alpha value is -1.82. The maximum absolute atomic E-state index is 13.1. The number of hydrogen-bond donors (Lipinski definition) is 0. The Balaban J connectivity index is 1.61. The largest absolute Gasteiger partial charge is 0.444 e. The standard InChI is InChI=1S/C22H34FN3O2/c1-17-6-5-7-19(20(17)26-9-8-18(14-23)15-26)16-24-10-12-25(13-11-24)21(27)28-22(2,3)4/h5-7,18H,8-16H2,1-4H3. The van der Waals surface area contributed by atoms with Crippen LogP contribution in [0.5, 0.6) is 0 Å². The van der Waals surface area contributed by atoms with Gasteiger partial charge in [-0.25, -0.2) is 4.79 Å². The van der Waals surface area contributed by atoms with Crippen molar-refractivity contribution in [1.82, 2.24) is 9.80 Å². The Morgan fingerprint density at radius 3 is 2.50 bits per heavy atom. The normalized spacial score (nSPS) is 21.2. The number of halogens is 1. The molecule has 2 heterocycles. The number of alkyl halides is 1. The number of amides is 1. The van der Waals surface area contributed by atoms with Crippen LogP contribution >= 0.6 is 0 Å². The summed E-state index contributed by atoms with van der Waals surface area (Å²) >= 11 is 0. The van der Waals surface area contributed by atoms with Crippen LogP contribution in [0.1, 0.15) is 38.3 Å². The van der Waals surface area contributed by atoms with Gasteiger partial charge in [-0.05, 0) is 45.2 Å². The summed E-state index contributed by atoms with van der Waals surface area (Å²) in [4.78, 5) is 18.8. The quantitative estimate of drug-likeness (QED) is 0.781. The highest BCUT2D eigenvalue weighted by Gasteiger charge is 2.28. The summed E-state index contributed by atoms with van der Waals surface area (Å²) in [5, 5.41) is 0. The van der Waals surface area contributed by atoms with E-state index in [4.69, 9.17) is 4.74 Å². The minimum Gasteiger partial charge on any atom is -0.444 e. The molecule has 1 atom stereocenters. The van der Waals surface area contributed by atoms with Gasteiger partial charge in [-0.15, -0.1) is 0 Å². The highest BCUT2D eigenvalue weighted by Crippen LogP contribution is 2.31. The average molecular weight is 392 g/mol. The van der Waals surface area contributed by atoms with Crippen molar-refractivity contribution in [1.29, 1.82) is 0 Å². The molecule has 1 amide bonds. The van der Waals surface area contributed by atoms with E-state index in [1.54, 1.807) is 4.90 Å². The lowest BCUT2D eigenvalue weighted by Gasteiger charge is -2.36. The van der Waals surface area contributed by atoms with Gasteiger partial charge in [0.05, 0.1) is 6.67 Å². The second-order valence-corrected chi connectivity index (χ2v) is 9.08. The first kappa shape index (κ1) is 20.9. The molecule has 28 heavy (non-hydrogen) atoms. The van der Waals surface area contributed by atoms with E-state index < -0.39 is 5.60 Å². The number of carbonyl (C=O) groups is 1. The van der Waals surface area contributed by atoms with Crippen molar-refractivity contribution in [3.8, 4) is 0 Å². The van der Waals surface area contributed by atoms with E-state index in [0.717, 1.165) is 39.1 Å². The Morgan fingerprint density at radius 2 is 1.89 bits per heavy atom. The highest BCUT2D eigenvalue weighted by molar-refractivity contribution is 5.68. The topological polar surface area (TPSA) is 36.0 Å². The van der Waals surface area contributed by atoms with E-state index in [1.807, 2.05) is 20.8 Å². The first-order valence-corrected chi connectivity index (χ1v) is 10.4. The molecule has 0 N–H and O–H groups in total. The summed E-state index contributed by atoms with van der Waals surface area (Å²) in [6.45, 7) is 13.2. The monoisotopic (exact) mass is 391 g/mol. The summed E-state index contributed by atoms with van der Waals surface area (Å²) in [6.07, 6.45) is 0.705. The molecule has 2 fully saturated rings. The zero-order valence-electron chi connectivity index (χ0n) is 17.7. The zero-order valence-corrected chi connectivity index (χ0v) is 17.7. The zero-order chi connectivity index (χ0) is 20.3. The van der Waals surface area contributed by atoms with Crippen molar-refractivity contribution in [3.05, 3.63) is 29.3 Å². The third-order valence-corrected chi connectivity index (χ3v) is 5.56. The number of nitrogens with zero attached hydrogens (tertiary/aromatic N) is 3. The number of benzene rings is 1. The lowest BCUT2D eigenvalue weighted by Crippen LogP contribution is -2.49. The molecule has 5 nitrogen and oxygen atoms in total. The SMILES string of the molecule is Cc1cccc(CN2CCN(C(=O)OC(C)(C)C)CC2)c1N1CCC(CF)C1. The molecule has 6 heteroatoms. The van der Waals surface area contributed by atoms with Crippen molar-refractivity contribution in [2.24, 2.45) is 5.92 Å². The van der Waals surface area contributed by atoms with Crippen molar-refractivity contribution in [3.63, 3.8) is 0 Å². The average Bonchev–Trinajstić information content (AvgIpc) is 3.09. The molecule has 0 saturated carbocycles. The number of carbonyl (C=O) groups excluding carboxylic acids is 1. The predicted molar refractivity (Wildman–Crippen MR) is 111 cm³/mol. The van der Waals surface area contributed by atoms with Crippen molar-refractivity contribution in [2.75, 3.05) is 50.8 Å². The number of hydrogen-bond acceptors (Lipinski definition) is 4. The highest BCUT2D eigenvalue weighted by atomic mass is 19.1. The van der Waals surface area contributed by atoms with Gasteiger partial charge < -0.3 is 14.5 Å². The third-order valence-electron chi connectivity index (χ3n) is 5.56. The van der Waals surface area contributed by atoms with Gasteiger partial charge in [0, 0.05) is 57.4 Å². The Kier molecular flexibility index (Phi) is 6.48. The first-order valence-electron chi connectivity index (χ1n) is 10.4. The number of anilines is 1. The van der Waals surface area contributed by atoms with Crippen molar-refractivity contribution in [2.45, 2.75) is 46.3 Å². The summed E-state index contributed by atoms with van der Waals surface area (Å²) in [6, 6.07) is 6.43. The number of piperazine rings is 1. The minimum atomic E-state index is -0.460. The Bertz CT molecular complexity index is 681. The molecule has 2 aliphatic rings. The van der Waals surface area contributed by atoms with Crippen LogP contribution in [0.25, 0.3) is 0 Å². The molecular weight excluding hydrogens is 357 g/mol. The van der Waals surface area contributed by atoms with Gasteiger partial charge in [-0.2, -0.15) is 0 Å². The molecule has 1 aromatic carbocycles. The fraction of sp³-hybridized carbons (Fsp3) is 0.682. The van der Waals surface area contributed by atoms with Crippen LogP contribution in [0.3, 0.4) is 0 Å². The van der Waals surface area contributed by atoms with Crippen LogP contribution in [-0.2, 0) is 11.3 Å².